The molecular formula is C10H18N2O3. The molecule has 0 aliphatic carbocycles. The zero-order chi connectivity index (χ0) is 11.3. The Labute approximate surface area is 89.2 Å². The third kappa shape index (κ3) is 3.51. The van der Waals surface area contributed by atoms with E-state index in [0.717, 1.165) is 19.4 Å². The Balaban J connectivity index is 2.21. The third-order valence-electron chi connectivity index (χ3n) is 2.72. The molecule has 1 atom stereocenters. The lowest BCUT2D eigenvalue weighted by molar-refractivity contribution is -0.137. The normalized spacial score (nSPS) is 25.1. The quantitative estimate of drug-likeness (QED) is 0.568. The molecule has 15 heavy (non-hydrogen) atoms. The van der Waals surface area contributed by atoms with E-state index in [1.54, 1.807) is 0 Å². The first-order valence-electron chi connectivity index (χ1n) is 5.30. The minimum absolute atomic E-state index is 0.0228. The zero-order valence-electron chi connectivity index (χ0n) is 9.01. The van der Waals surface area contributed by atoms with Crippen LogP contribution in [0.1, 0.15) is 32.6 Å². The molecule has 1 saturated heterocycles. The molecule has 0 radical (unpaired) electrons. The average Bonchev–Trinajstić information content (AvgIpc) is 2.60. The van der Waals surface area contributed by atoms with Gasteiger partial charge in [-0.25, -0.2) is 0 Å². The van der Waals surface area contributed by atoms with E-state index >= 15 is 0 Å². The summed E-state index contributed by atoms with van der Waals surface area (Å²) in [6.45, 7) is 3.19. The Bertz CT molecular complexity index is 247. The highest BCUT2D eigenvalue weighted by Crippen LogP contribution is 2.18. The molecule has 1 fully saturated rings. The first-order chi connectivity index (χ1) is 7.04. The summed E-state index contributed by atoms with van der Waals surface area (Å²) in [5.74, 6) is -0.847. The van der Waals surface area contributed by atoms with Gasteiger partial charge in [0.15, 0.2) is 0 Å². The third-order valence-corrected chi connectivity index (χ3v) is 2.72. The number of carbonyl (C=O) groups excluding carboxylic acids is 1. The van der Waals surface area contributed by atoms with Gasteiger partial charge in [-0.3, -0.25) is 9.59 Å². The van der Waals surface area contributed by atoms with Crippen LogP contribution < -0.4 is 10.6 Å². The van der Waals surface area contributed by atoms with Crippen LogP contribution in [0.3, 0.4) is 0 Å². The van der Waals surface area contributed by atoms with E-state index in [0.29, 0.717) is 13.0 Å². The van der Waals surface area contributed by atoms with E-state index in [9.17, 15) is 9.59 Å². The van der Waals surface area contributed by atoms with Crippen molar-refractivity contribution >= 4 is 11.9 Å². The van der Waals surface area contributed by atoms with Crippen LogP contribution in [-0.4, -0.2) is 35.6 Å². The minimum Gasteiger partial charge on any atom is -0.481 e. The van der Waals surface area contributed by atoms with Gasteiger partial charge in [0.25, 0.3) is 0 Å². The van der Waals surface area contributed by atoms with Gasteiger partial charge in [-0.05, 0) is 32.7 Å². The van der Waals surface area contributed by atoms with Gasteiger partial charge in [0, 0.05) is 13.0 Å². The fourth-order valence-electron chi connectivity index (χ4n) is 1.73. The first-order valence-corrected chi connectivity index (χ1v) is 5.30. The van der Waals surface area contributed by atoms with Crippen molar-refractivity contribution in [1.82, 2.24) is 10.6 Å². The van der Waals surface area contributed by atoms with E-state index in [4.69, 9.17) is 5.11 Å². The second kappa shape index (κ2) is 5.11. The van der Waals surface area contributed by atoms with Crippen molar-refractivity contribution in [3.8, 4) is 0 Å². The largest absolute Gasteiger partial charge is 0.481 e. The number of aliphatic carboxylic acids is 1. The maximum absolute atomic E-state index is 11.7. The van der Waals surface area contributed by atoms with E-state index in [1.165, 1.54) is 0 Å². The van der Waals surface area contributed by atoms with Crippen molar-refractivity contribution in [2.75, 3.05) is 13.1 Å². The Morgan fingerprint density at radius 2 is 2.27 bits per heavy atom. The molecule has 0 spiro atoms. The van der Waals surface area contributed by atoms with Crippen molar-refractivity contribution in [1.29, 1.82) is 0 Å². The van der Waals surface area contributed by atoms with Gasteiger partial charge in [-0.1, -0.05) is 0 Å². The molecule has 1 amide bonds. The van der Waals surface area contributed by atoms with Crippen LogP contribution in [0.25, 0.3) is 0 Å². The highest BCUT2D eigenvalue weighted by atomic mass is 16.4. The lowest BCUT2D eigenvalue weighted by atomic mass is 9.99. The Morgan fingerprint density at radius 1 is 1.53 bits per heavy atom. The number of nitrogens with one attached hydrogen (secondary N) is 2. The summed E-state index contributed by atoms with van der Waals surface area (Å²) in [5, 5.41) is 14.3. The lowest BCUT2D eigenvalue weighted by Gasteiger charge is -2.22. The van der Waals surface area contributed by atoms with Crippen molar-refractivity contribution in [2.45, 2.75) is 38.1 Å². The van der Waals surface area contributed by atoms with Gasteiger partial charge >= 0.3 is 5.97 Å². The van der Waals surface area contributed by atoms with Crippen molar-refractivity contribution in [3.05, 3.63) is 0 Å². The smallest absolute Gasteiger partial charge is 0.303 e. The molecule has 0 bridgehead atoms. The molecule has 1 aliphatic rings. The van der Waals surface area contributed by atoms with Crippen LogP contribution in [0.5, 0.6) is 0 Å². The molecule has 1 unspecified atom stereocenters. The molecule has 0 aromatic rings. The number of hydrogen-bond acceptors (Lipinski definition) is 3. The second-order valence-corrected chi connectivity index (χ2v) is 4.12. The number of hydrogen-bond donors (Lipinski definition) is 3. The number of amides is 1. The first kappa shape index (κ1) is 12.0. The topological polar surface area (TPSA) is 78.4 Å². The predicted molar refractivity (Wildman–Crippen MR) is 55.5 cm³/mol. The summed E-state index contributed by atoms with van der Waals surface area (Å²) in [7, 11) is 0. The van der Waals surface area contributed by atoms with Crippen LogP contribution >= 0.6 is 0 Å². The van der Waals surface area contributed by atoms with Crippen molar-refractivity contribution < 1.29 is 14.7 Å². The monoisotopic (exact) mass is 214 g/mol. The van der Waals surface area contributed by atoms with Crippen LogP contribution in [0, 0.1) is 0 Å². The van der Waals surface area contributed by atoms with Crippen LogP contribution in [0.15, 0.2) is 0 Å². The maximum atomic E-state index is 11.7. The van der Waals surface area contributed by atoms with Crippen LogP contribution in [-0.2, 0) is 9.59 Å². The fourth-order valence-corrected chi connectivity index (χ4v) is 1.73. The Morgan fingerprint density at radius 3 is 2.80 bits per heavy atom. The van der Waals surface area contributed by atoms with E-state index < -0.39 is 11.5 Å². The van der Waals surface area contributed by atoms with Gasteiger partial charge in [0.05, 0.1) is 5.54 Å². The lowest BCUT2D eigenvalue weighted by Crippen LogP contribution is -2.51. The summed E-state index contributed by atoms with van der Waals surface area (Å²) in [4.78, 5) is 21.9. The zero-order valence-corrected chi connectivity index (χ0v) is 9.01. The summed E-state index contributed by atoms with van der Waals surface area (Å²) in [5.41, 5.74) is -0.455. The van der Waals surface area contributed by atoms with E-state index in [1.807, 2.05) is 6.92 Å². The van der Waals surface area contributed by atoms with E-state index in [-0.39, 0.29) is 12.3 Å². The summed E-state index contributed by atoms with van der Waals surface area (Å²) >= 11 is 0. The molecule has 5 nitrogen and oxygen atoms in total. The van der Waals surface area contributed by atoms with Gasteiger partial charge in [0.2, 0.25) is 5.91 Å². The molecule has 5 heteroatoms. The highest BCUT2D eigenvalue weighted by Gasteiger charge is 2.35. The Kier molecular flexibility index (Phi) is 4.08. The summed E-state index contributed by atoms with van der Waals surface area (Å²) in [6.07, 6.45) is 2.44. The van der Waals surface area contributed by atoms with Gasteiger partial charge in [0.1, 0.15) is 0 Å². The van der Waals surface area contributed by atoms with Crippen molar-refractivity contribution in [2.24, 2.45) is 0 Å². The molecule has 3 N–H and O–H groups in total. The average molecular weight is 214 g/mol. The fraction of sp³-hybridized carbons (Fsp3) is 0.800. The molecule has 0 aromatic carbocycles. The summed E-state index contributed by atoms with van der Waals surface area (Å²) < 4.78 is 0. The molecule has 1 aliphatic heterocycles. The van der Waals surface area contributed by atoms with E-state index in [2.05, 4.69) is 10.6 Å². The standard InChI is InChI=1S/C10H18N2O3/c1-10(5-3-7-12-10)9(15)11-6-2-4-8(13)14/h12H,2-7H2,1H3,(H,11,15)(H,13,14). The highest BCUT2D eigenvalue weighted by molar-refractivity contribution is 5.86. The molecule has 1 heterocycles. The minimum atomic E-state index is -0.825. The van der Waals surface area contributed by atoms with Crippen LogP contribution in [0.4, 0.5) is 0 Å². The number of carboxylic acids is 1. The van der Waals surface area contributed by atoms with Gasteiger partial charge in [-0.2, -0.15) is 0 Å². The van der Waals surface area contributed by atoms with Crippen LogP contribution in [0.2, 0.25) is 0 Å². The summed E-state index contributed by atoms with van der Waals surface area (Å²) in [6, 6.07) is 0. The molecule has 0 aromatic heterocycles. The number of rotatable bonds is 5. The molecule has 0 saturated carbocycles. The van der Waals surface area contributed by atoms with Crippen molar-refractivity contribution in [3.63, 3.8) is 0 Å². The number of carbonyl (C=O) groups is 2. The molecule has 1 rings (SSSR count). The van der Waals surface area contributed by atoms with Gasteiger partial charge in [-0.15, -0.1) is 0 Å². The second-order valence-electron chi connectivity index (χ2n) is 4.12. The number of carboxylic acid groups (broad SMARTS) is 1. The predicted octanol–water partition coefficient (Wildman–Crippen LogP) is 0.109. The van der Waals surface area contributed by atoms with Gasteiger partial charge < -0.3 is 15.7 Å². The maximum Gasteiger partial charge on any atom is 0.303 e. The Hall–Kier alpha value is -1.10. The SMILES string of the molecule is CC1(C(=O)NCCCC(=O)O)CCCN1. The molecular weight excluding hydrogens is 196 g/mol. The molecule has 86 valence electrons.